The summed E-state index contributed by atoms with van der Waals surface area (Å²) in [5.41, 5.74) is 10.2. The summed E-state index contributed by atoms with van der Waals surface area (Å²) in [6, 6.07) is 6.71. The SMILES string of the molecule is CCOC(CC)(CC)C(N)Cc1cc(C)cc(C)c1. The maximum Gasteiger partial charge on any atom is 0.0830 e. The lowest BCUT2D eigenvalue weighted by Crippen LogP contribution is -2.50. The molecule has 0 saturated heterocycles. The lowest BCUT2D eigenvalue weighted by atomic mass is 9.84. The van der Waals surface area contributed by atoms with Crippen LogP contribution in [0, 0.1) is 13.8 Å². The van der Waals surface area contributed by atoms with Crippen molar-refractivity contribution >= 4 is 0 Å². The third-order valence-corrected chi connectivity index (χ3v) is 4.04. The molecule has 1 aromatic rings. The largest absolute Gasteiger partial charge is 0.374 e. The molecule has 2 nitrogen and oxygen atoms in total. The van der Waals surface area contributed by atoms with Gasteiger partial charge >= 0.3 is 0 Å². The van der Waals surface area contributed by atoms with Gasteiger partial charge in [0.1, 0.15) is 0 Å². The summed E-state index contributed by atoms with van der Waals surface area (Å²) in [5.74, 6) is 0. The Bertz CT molecular complexity index is 376. The summed E-state index contributed by atoms with van der Waals surface area (Å²) in [7, 11) is 0. The molecule has 108 valence electrons. The van der Waals surface area contributed by atoms with Crippen LogP contribution in [0.3, 0.4) is 0 Å². The van der Waals surface area contributed by atoms with Gasteiger partial charge in [-0.25, -0.2) is 0 Å². The van der Waals surface area contributed by atoms with Crippen LogP contribution < -0.4 is 5.73 Å². The zero-order chi connectivity index (χ0) is 14.5. The Labute approximate surface area is 118 Å². The Hall–Kier alpha value is -0.860. The molecule has 0 radical (unpaired) electrons. The number of ether oxygens (including phenoxy) is 1. The third kappa shape index (κ3) is 4.05. The van der Waals surface area contributed by atoms with Gasteiger partial charge in [-0.2, -0.15) is 0 Å². The maximum atomic E-state index is 6.47. The van der Waals surface area contributed by atoms with Crippen molar-refractivity contribution < 1.29 is 4.74 Å². The van der Waals surface area contributed by atoms with Crippen LogP contribution in [0.2, 0.25) is 0 Å². The summed E-state index contributed by atoms with van der Waals surface area (Å²) in [6.07, 6.45) is 2.80. The Balaban J connectivity index is 2.89. The van der Waals surface area contributed by atoms with Crippen LogP contribution >= 0.6 is 0 Å². The highest BCUT2D eigenvalue weighted by Crippen LogP contribution is 2.26. The van der Waals surface area contributed by atoms with Crippen LogP contribution in [0.4, 0.5) is 0 Å². The summed E-state index contributed by atoms with van der Waals surface area (Å²) >= 11 is 0. The lowest BCUT2D eigenvalue weighted by molar-refractivity contribution is -0.0633. The fraction of sp³-hybridized carbons (Fsp3) is 0.647. The minimum absolute atomic E-state index is 0.0450. The second-order valence-electron chi connectivity index (χ2n) is 5.51. The van der Waals surface area contributed by atoms with Gasteiger partial charge in [-0.05, 0) is 45.6 Å². The molecule has 0 spiro atoms. The molecule has 1 atom stereocenters. The molecule has 0 bridgehead atoms. The average molecular weight is 263 g/mol. The number of nitrogens with two attached hydrogens (primary N) is 1. The van der Waals surface area contributed by atoms with Gasteiger partial charge in [-0.15, -0.1) is 0 Å². The van der Waals surface area contributed by atoms with E-state index in [1.807, 2.05) is 6.92 Å². The first-order valence-corrected chi connectivity index (χ1v) is 7.44. The first-order valence-electron chi connectivity index (χ1n) is 7.44. The normalized spacial score (nSPS) is 13.6. The quantitative estimate of drug-likeness (QED) is 0.812. The van der Waals surface area contributed by atoms with Gasteiger partial charge < -0.3 is 10.5 Å². The number of rotatable bonds is 7. The Morgan fingerprint density at radius 3 is 2.00 bits per heavy atom. The fourth-order valence-corrected chi connectivity index (χ4v) is 3.00. The van der Waals surface area contributed by atoms with Gasteiger partial charge in [-0.1, -0.05) is 43.2 Å². The highest BCUT2D eigenvalue weighted by Gasteiger charge is 2.33. The van der Waals surface area contributed by atoms with E-state index in [1.165, 1.54) is 16.7 Å². The molecule has 0 saturated carbocycles. The van der Waals surface area contributed by atoms with Crippen LogP contribution in [0.5, 0.6) is 0 Å². The van der Waals surface area contributed by atoms with Crippen molar-refractivity contribution in [1.82, 2.24) is 0 Å². The zero-order valence-electron chi connectivity index (χ0n) is 13.1. The molecular weight excluding hydrogens is 234 g/mol. The molecule has 1 aromatic carbocycles. The monoisotopic (exact) mass is 263 g/mol. The molecule has 0 aliphatic carbocycles. The van der Waals surface area contributed by atoms with Gasteiger partial charge in [0, 0.05) is 12.6 Å². The number of hydrogen-bond donors (Lipinski definition) is 1. The third-order valence-electron chi connectivity index (χ3n) is 4.04. The molecule has 1 unspecified atom stereocenters. The van der Waals surface area contributed by atoms with Gasteiger partial charge in [0.25, 0.3) is 0 Å². The Kier molecular flexibility index (Phi) is 6.02. The van der Waals surface area contributed by atoms with Gasteiger partial charge in [-0.3, -0.25) is 0 Å². The van der Waals surface area contributed by atoms with Gasteiger partial charge in [0.15, 0.2) is 0 Å². The summed E-state index contributed by atoms with van der Waals surface area (Å²) in [4.78, 5) is 0. The van der Waals surface area contributed by atoms with Crippen molar-refractivity contribution in [2.45, 2.75) is 65.5 Å². The lowest BCUT2D eigenvalue weighted by Gasteiger charge is -2.37. The number of aryl methyl sites for hydroxylation is 2. The molecule has 0 amide bonds. The van der Waals surface area contributed by atoms with E-state index in [9.17, 15) is 0 Å². The molecule has 2 heteroatoms. The van der Waals surface area contributed by atoms with E-state index in [0.29, 0.717) is 0 Å². The molecule has 0 aromatic heterocycles. The highest BCUT2D eigenvalue weighted by molar-refractivity contribution is 5.29. The van der Waals surface area contributed by atoms with Crippen LogP contribution in [0.15, 0.2) is 18.2 Å². The molecule has 0 heterocycles. The predicted molar refractivity (Wildman–Crippen MR) is 82.5 cm³/mol. The molecular formula is C17H29NO. The first kappa shape index (κ1) is 16.2. The van der Waals surface area contributed by atoms with Crippen LogP contribution in [0.25, 0.3) is 0 Å². The zero-order valence-corrected chi connectivity index (χ0v) is 13.1. The first-order chi connectivity index (χ1) is 8.97. The van der Waals surface area contributed by atoms with Crippen molar-refractivity contribution in [2.24, 2.45) is 5.73 Å². The minimum Gasteiger partial charge on any atom is -0.374 e. The van der Waals surface area contributed by atoms with E-state index in [-0.39, 0.29) is 11.6 Å². The highest BCUT2D eigenvalue weighted by atomic mass is 16.5. The molecule has 2 N–H and O–H groups in total. The molecule has 0 aliphatic rings. The van der Waals surface area contributed by atoms with Gasteiger partial charge in [0.05, 0.1) is 5.60 Å². The van der Waals surface area contributed by atoms with Crippen molar-refractivity contribution in [3.05, 3.63) is 34.9 Å². The summed E-state index contributed by atoms with van der Waals surface area (Å²) < 4.78 is 6.00. The van der Waals surface area contributed by atoms with E-state index in [0.717, 1.165) is 25.9 Å². The fourth-order valence-electron chi connectivity index (χ4n) is 3.00. The van der Waals surface area contributed by atoms with Crippen molar-refractivity contribution in [2.75, 3.05) is 6.61 Å². The summed E-state index contributed by atoms with van der Waals surface area (Å²) in [5, 5.41) is 0. The Morgan fingerprint density at radius 1 is 1.05 bits per heavy atom. The minimum atomic E-state index is -0.188. The maximum absolute atomic E-state index is 6.47. The molecule has 1 rings (SSSR count). The number of hydrogen-bond acceptors (Lipinski definition) is 2. The average Bonchev–Trinajstić information content (AvgIpc) is 2.34. The van der Waals surface area contributed by atoms with Crippen LogP contribution in [-0.2, 0) is 11.2 Å². The van der Waals surface area contributed by atoms with Crippen LogP contribution in [-0.4, -0.2) is 18.2 Å². The summed E-state index contributed by atoms with van der Waals surface area (Å²) in [6.45, 7) is 11.4. The molecule has 0 aliphatic heterocycles. The number of benzene rings is 1. The van der Waals surface area contributed by atoms with Crippen molar-refractivity contribution in [1.29, 1.82) is 0 Å². The van der Waals surface area contributed by atoms with E-state index in [1.54, 1.807) is 0 Å². The smallest absolute Gasteiger partial charge is 0.0830 e. The van der Waals surface area contributed by atoms with Crippen molar-refractivity contribution in [3.8, 4) is 0 Å². The predicted octanol–water partition coefficient (Wildman–Crippen LogP) is 3.77. The molecule has 19 heavy (non-hydrogen) atoms. The van der Waals surface area contributed by atoms with Crippen LogP contribution in [0.1, 0.15) is 50.3 Å². The van der Waals surface area contributed by atoms with E-state index >= 15 is 0 Å². The second kappa shape index (κ2) is 7.06. The van der Waals surface area contributed by atoms with E-state index in [4.69, 9.17) is 10.5 Å². The molecule has 0 fully saturated rings. The second-order valence-corrected chi connectivity index (χ2v) is 5.51. The topological polar surface area (TPSA) is 35.2 Å². The van der Waals surface area contributed by atoms with Crippen molar-refractivity contribution in [3.63, 3.8) is 0 Å². The standard InChI is InChI=1S/C17H29NO/c1-6-17(7-2,19-8-3)16(18)12-15-10-13(4)9-14(5)11-15/h9-11,16H,6-8,12,18H2,1-5H3. The van der Waals surface area contributed by atoms with E-state index < -0.39 is 0 Å². The Morgan fingerprint density at radius 2 is 1.58 bits per heavy atom. The van der Waals surface area contributed by atoms with Gasteiger partial charge in [0.2, 0.25) is 0 Å². The van der Waals surface area contributed by atoms with E-state index in [2.05, 4.69) is 45.9 Å².